The quantitative estimate of drug-likeness (QED) is 0.866. The van der Waals surface area contributed by atoms with Crippen molar-refractivity contribution in [2.45, 2.75) is 18.6 Å². The first-order valence-corrected chi connectivity index (χ1v) is 5.81. The van der Waals surface area contributed by atoms with Crippen molar-refractivity contribution in [3.05, 3.63) is 29.3 Å². The number of esters is 1. The molecule has 1 saturated heterocycles. The third kappa shape index (κ3) is 3.51. The molecular weight excluding hydrogens is 277 g/mol. The van der Waals surface area contributed by atoms with Crippen molar-refractivity contribution in [2.75, 3.05) is 13.7 Å². The summed E-state index contributed by atoms with van der Waals surface area (Å²) in [4.78, 5) is 11.3. The molecule has 2 atom stereocenters. The Labute approximate surface area is 117 Å². The van der Waals surface area contributed by atoms with E-state index in [2.05, 4.69) is 10.1 Å². The number of para-hydroxylation sites is 1. The van der Waals surface area contributed by atoms with E-state index < -0.39 is 0 Å². The average molecular weight is 292 g/mol. The van der Waals surface area contributed by atoms with Gasteiger partial charge in [0.2, 0.25) is 0 Å². The molecule has 2 unspecified atom stereocenters. The summed E-state index contributed by atoms with van der Waals surface area (Å²) in [6.45, 7) is 0.616. The molecule has 18 heavy (non-hydrogen) atoms. The van der Waals surface area contributed by atoms with E-state index in [9.17, 15) is 4.79 Å². The van der Waals surface area contributed by atoms with Gasteiger partial charge in [0.1, 0.15) is 17.9 Å². The van der Waals surface area contributed by atoms with E-state index in [1.807, 2.05) is 18.2 Å². The molecule has 1 aliphatic heterocycles. The fourth-order valence-electron chi connectivity index (χ4n) is 1.83. The Kier molecular flexibility index (Phi) is 5.72. The zero-order valence-electron chi connectivity index (χ0n) is 9.89. The number of methoxy groups -OCH3 is 1. The molecule has 0 aliphatic carbocycles. The van der Waals surface area contributed by atoms with E-state index in [1.54, 1.807) is 6.07 Å². The molecular formula is C12H15Cl2NO3. The minimum Gasteiger partial charge on any atom is -0.487 e. The maximum absolute atomic E-state index is 11.3. The molecule has 1 fully saturated rings. The standard InChI is InChI=1S/C12H14ClNO3.ClH/c1-16-12(15)10-6-8(7-14-10)17-11-5-3-2-4-9(11)13;/h2-5,8,10,14H,6-7H2,1H3;1H. The molecule has 0 amide bonds. The second-order valence-corrected chi connectivity index (χ2v) is 4.30. The lowest BCUT2D eigenvalue weighted by atomic mass is 10.2. The molecule has 0 spiro atoms. The Bertz CT molecular complexity index is 414. The third-order valence-corrected chi connectivity index (χ3v) is 3.02. The molecule has 1 heterocycles. The van der Waals surface area contributed by atoms with Crippen molar-refractivity contribution < 1.29 is 14.3 Å². The Morgan fingerprint density at radius 2 is 2.17 bits per heavy atom. The molecule has 6 heteroatoms. The van der Waals surface area contributed by atoms with Gasteiger partial charge in [-0.25, -0.2) is 0 Å². The van der Waals surface area contributed by atoms with Gasteiger partial charge in [-0.3, -0.25) is 4.79 Å². The summed E-state index contributed by atoms with van der Waals surface area (Å²) in [7, 11) is 1.38. The second-order valence-electron chi connectivity index (χ2n) is 3.89. The summed E-state index contributed by atoms with van der Waals surface area (Å²) in [5, 5.41) is 3.63. The highest BCUT2D eigenvalue weighted by molar-refractivity contribution is 6.32. The number of carbonyl (C=O) groups is 1. The Balaban J connectivity index is 0.00000162. The van der Waals surface area contributed by atoms with Gasteiger partial charge in [0.05, 0.1) is 12.1 Å². The molecule has 0 radical (unpaired) electrons. The topological polar surface area (TPSA) is 47.6 Å². The molecule has 1 aromatic rings. The van der Waals surface area contributed by atoms with E-state index >= 15 is 0 Å². The van der Waals surface area contributed by atoms with Crippen molar-refractivity contribution in [1.82, 2.24) is 5.32 Å². The number of benzene rings is 1. The van der Waals surface area contributed by atoms with E-state index in [1.165, 1.54) is 7.11 Å². The highest BCUT2D eigenvalue weighted by atomic mass is 35.5. The molecule has 1 aliphatic rings. The lowest BCUT2D eigenvalue weighted by molar-refractivity contribution is -0.142. The van der Waals surface area contributed by atoms with Crippen molar-refractivity contribution in [2.24, 2.45) is 0 Å². The van der Waals surface area contributed by atoms with Gasteiger partial charge in [-0.05, 0) is 12.1 Å². The zero-order chi connectivity index (χ0) is 12.3. The first-order chi connectivity index (χ1) is 8.20. The lowest BCUT2D eigenvalue weighted by Crippen LogP contribution is -2.31. The van der Waals surface area contributed by atoms with Crippen molar-refractivity contribution in [1.29, 1.82) is 0 Å². The van der Waals surface area contributed by atoms with Crippen molar-refractivity contribution in [3.63, 3.8) is 0 Å². The monoisotopic (exact) mass is 291 g/mol. The largest absolute Gasteiger partial charge is 0.487 e. The molecule has 2 rings (SSSR count). The number of ether oxygens (including phenoxy) is 2. The van der Waals surface area contributed by atoms with Crippen LogP contribution in [0.4, 0.5) is 0 Å². The SMILES string of the molecule is COC(=O)C1CC(Oc2ccccc2Cl)CN1.Cl. The van der Waals surface area contributed by atoms with Crippen LogP contribution in [-0.4, -0.2) is 31.8 Å². The van der Waals surface area contributed by atoms with Crippen LogP contribution in [0.25, 0.3) is 0 Å². The third-order valence-electron chi connectivity index (χ3n) is 2.71. The van der Waals surface area contributed by atoms with Crippen LogP contribution < -0.4 is 10.1 Å². The first-order valence-electron chi connectivity index (χ1n) is 5.43. The molecule has 1 aromatic carbocycles. The van der Waals surface area contributed by atoms with Crippen LogP contribution in [0.15, 0.2) is 24.3 Å². The first kappa shape index (κ1) is 15.1. The van der Waals surface area contributed by atoms with Gasteiger partial charge in [-0.1, -0.05) is 23.7 Å². The number of halogens is 2. The van der Waals surface area contributed by atoms with Gasteiger partial charge < -0.3 is 14.8 Å². The highest BCUT2D eigenvalue weighted by Gasteiger charge is 2.31. The van der Waals surface area contributed by atoms with Gasteiger partial charge in [-0.15, -0.1) is 12.4 Å². The van der Waals surface area contributed by atoms with Crippen LogP contribution in [0.2, 0.25) is 5.02 Å². The summed E-state index contributed by atoms with van der Waals surface area (Å²) in [6, 6.07) is 7.01. The predicted octanol–water partition coefficient (Wildman–Crippen LogP) is 2.04. The second kappa shape index (κ2) is 6.83. The van der Waals surface area contributed by atoms with Crippen LogP contribution in [0.1, 0.15) is 6.42 Å². The number of nitrogens with one attached hydrogen (secondary N) is 1. The summed E-state index contributed by atoms with van der Waals surface area (Å²) >= 11 is 5.99. The predicted molar refractivity (Wildman–Crippen MR) is 71.5 cm³/mol. The molecule has 100 valence electrons. The van der Waals surface area contributed by atoms with Gasteiger partial charge in [0.15, 0.2) is 0 Å². The van der Waals surface area contributed by atoms with Crippen LogP contribution >= 0.6 is 24.0 Å². The summed E-state index contributed by atoms with van der Waals surface area (Å²) in [5.41, 5.74) is 0. The lowest BCUT2D eigenvalue weighted by Gasteiger charge is -2.13. The molecule has 0 bridgehead atoms. The summed E-state index contributed by atoms with van der Waals surface area (Å²) in [6.07, 6.45) is 0.539. The minimum absolute atomic E-state index is 0. The van der Waals surface area contributed by atoms with E-state index in [0.29, 0.717) is 23.7 Å². The Morgan fingerprint density at radius 3 is 2.83 bits per heavy atom. The maximum Gasteiger partial charge on any atom is 0.323 e. The summed E-state index contributed by atoms with van der Waals surface area (Å²) < 4.78 is 10.4. The maximum atomic E-state index is 11.3. The zero-order valence-corrected chi connectivity index (χ0v) is 11.5. The van der Waals surface area contributed by atoms with Crippen LogP contribution in [0.3, 0.4) is 0 Å². The number of carbonyl (C=O) groups excluding carboxylic acids is 1. The Hall–Kier alpha value is -0.970. The van der Waals surface area contributed by atoms with Gasteiger partial charge in [-0.2, -0.15) is 0 Å². The number of rotatable bonds is 3. The fraction of sp³-hybridized carbons (Fsp3) is 0.417. The fourth-order valence-corrected chi connectivity index (χ4v) is 2.02. The van der Waals surface area contributed by atoms with Crippen molar-refractivity contribution >= 4 is 30.0 Å². The van der Waals surface area contributed by atoms with Crippen LogP contribution in [0, 0.1) is 0 Å². The smallest absolute Gasteiger partial charge is 0.323 e. The number of hydrogen-bond donors (Lipinski definition) is 1. The highest BCUT2D eigenvalue weighted by Crippen LogP contribution is 2.26. The van der Waals surface area contributed by atoms with E-state index in [-0.39, 0.29) is 30.5 Å². The average Bonchev–Trinajstić information content (AvgIpc) is 2.80. The van der Waals surface area contributed by atoms with Gasteiger partial charge >= 0.3 is 5.97 Å². The van der Waals surface area contributed by atoms with Crippen LogP contribution in [0.5, 0.6) is 5.75 Å². The normalized spacial score (nSPS) is 22.1. The molecule has 0 saturated carbocycles. The molecule has 4 nitrogen and oxygen atoms in total. The van der Waals surface area contributed by atoms with Crippen molar-refractivity contribution in [3.8, 4) is 5.75 Å². The van der Waals surface area contributed by atoms with E-state index in [4.69, 9.17) is 16.3 Å². The van der Waals surface area contributed by atoms with Gasteiger partial charge in [0.25, 0.3) is 0 Å². The Morgan fingerprint density at radius 1 is 1.44 bits per heavy atom. The van der Waals surface area contributed by atoms with Gasteiger partial charge in [0, 0.05) is 13.0 Å². The van der Waals surface area contributed by atoms with E-state index in [0.717, 1.165) is 0 Å². The summed E-state index contributed by atoms with van der Waals surface area (Å²) in [5.74, 6) is 0.391. The number of hydrogen-bond acceptors (Lipinski definition) is 4. The molecule has 0 aromatic heterocycles. The minimum atomic E-state index is -0.285. The molecule has 1 N–H and O–H groups in total. The van der Waals surface area contributed by atoms with Crippen LogP contribution in [-0.2, 0) is 9.53 Å².